The lowest BCUT2D eigenvalue weighted by Gasteiger charge is -2.42. The smallest absolute Gasteiger partial charge is 0.191 e. The first kappa shape index (κ1) is 12.3. The Hall–Kier alpha value is -1.20. The fourth-order valence-corrected chi connectivity index (χ4v) is 2.04. The van der Waals surface area contributed by atoms with Crippen molar-refractivity contribution in [1.29, 1.82) is 0 Å². The van der Waals surface area contributed by atoms with Gasteiger partial charge in [-0.15, -0.1) is 0 Å². The molecule has 3 nitrogen and oxygen atoms in total. The third kappa shape index (κ3) is 2.25. The van der Waals surface area contributed by atoms with Crippen molar-refractivity contribution in [3.8, 4) is 5.75 Å². The van der Waals surface area contributed by atoms with Crippen molar-refractivity contribution >= 4 is 0 Å². The van der Waals surface area contributed by atoms with E-state index in [9.17, 15) is 8.78 Å². The molecule has 1 saturated carbocycles. The molecule has 0 heterocycles. The number of nitrogens with one attached hydrogen (secondary N) is 1. The van der Waals surface area contributed by atoms with Gasteiger partial charge in [-0.05, 0) is 19.2 Å². The van der Waals surface area contributed by atoms with Crippen molar-refractivity contribution in [2.45, 2.75) is 24.7 Å². The van der Waals surface area contributed by atoms with Crippen LogP contribution in [0.2, 0.25) is 0 Å². The van der Waals surface area contributed by atoms with Crippen LogP contribution < -0.4 is 10.1 Å². The van der Waals surface area contributed by atoms with Gasteiger partial charge in [0.05, 0.1) is 0 Å². The Morgan fingerprint density at radius 1 is 1.29 bits per heavy atom. The molecule has 1 aromatic carbocycles. The maximum absolute atomic E-state index is 13.4. The van der Waals surface area contributed by atoms with E-state index in [1.54, 1.807) is 7.11 Å². The Balaban J connectivity index is 2.07. The van der Waals surface area contributed by atoms with Gasteiger partial charge in [-0.25, -0.2) is 8.78 Å². The van der Waals surface area contributed by atoms with Gasteiger partial charge in [0, 0.05) is 19.6 Å². The number of methoxy groups -OCH3 is 1. The number of rotatable bonds is 4. The highest BCUT2D eigenvalue weighted by molar-refractivity contribution is 5.27. The molecule has 0 aliphatic heterocycles. The molecule has 1 aromatic rings. The van der Waals surface area contributed by atoms with Gasteiger partial charge in [-0.3, -0.25) is 0 Å². The van der Waals surface area contributed by atoms with Gasteiger partial charge in [-0.2, -0.15) is 0 Å². The van der Waals surface area contributed by atoms with Crippen LogP contribution in [-0.2, 0) is 4.74 Å². The van der Waals surface area contributed by atoms with E-state index in [0.29, 0.717) is 6.42 Å². The predicted molar refractivity (Wildman–Crippen MR) is 59.0 cm³/mol. The molecule has 1 aliphatic carbocycles. The van der Waals surface area contributed by atoms with Crippen LogP contribution in [0.25, 0.3) is 0 Å². The molecule has 0 bridgehead atoms. The summed E-state index contributed by atoms with van der Waals surface area (Å²) in [5.41, 5.74) is 0. The number of hydrogen-bond donors (Lipinski definition) is 1. The fraction of sp³-hybridized carbons (Fsp3) is 0.500. The van der Waals surface area contributed by atoms with Crippen LogP contribution in [0.15, 0.2) is 18.2 Å². The van der Waals surface area contributed by atoms with Crippen molar-refractivity contribution in [2.75, 3.05) is 14.2 Å². The highest BCUT2D eigenvalue weighted by atomic mass is 19.1. The summed E-state index contributed by atoms with van der Waals surface area (Å²) >= 11 is 0. The summed E-state index contributed by atoms with van der Waals surface area (Å²) in [5.74, 6) is -1.70. The second-order valence-electron chi connectivity index (χ2n) is 4.04. The second kappa shape index (κ2) is 4.98. The Morgan fingerprint density at radius 2 is 1.94 bits per heavy atom. The zero-order chi connectivity index (χ0) is 12.4. The summed E-state index contributed by atoms with van der Waals surface area (Å²) in [6.07, 6.45) is 0.172. The van der Waals surface area contributed by atoms with E-state index in [0.717, 1.165) is 0 Å². The Kier molecular flexibility index (Phi) is 3.59. The van der Waals surface area contributed by atoms with Crippen molar-refractivity contribution in [1.82, 2.24) is 5.32 Å². The van der Waals surface area contributed by atoms with Gasteiger partial charge in [0.1, 0.15) is 12.2 Å². The van der Waals surface area contributed by atoms with Crippen LogP contribution in [0.3, 0.4) is 0 Å². The molecule has 0 spiro atoms. The topological polar surface area (TPSA) is 30.5 Å². The van der Waals surface area contributed by atoms with Gasteiger partial charge >= 0.3 is 0 Å². The van der Waals surface area contributed by atoms with Crippen LogP contribution in [0.1, 0.15) is 6.42 Å². The molecule has 1 fully saturated rings. The molecule has 3 unspecified atom stereocenters. The van der Waals surface area contributed by atoms with Gasteiger partial charge < -0.3 is 14.8 Å². The minimum absolute atomic E-state index is 0.167. The molecule has 0 saturated heterocycles. The first-order chi connectivity index (χ1) is 8.17. The van der Waals surface area contributed by atoms with Crippen LogP contribution in [-0.4, -0.2) is 32.4 Å². The average Bonchev–Trinajstić information content (AvgIpc) is 2.27. The Bertz CT molecular complexity index is 380. The maximum atomic E-state index is 13.4. The third-order valence-electron chi connectivity index (χ3n) is 3.08. The molecule has 2 rings (SSSR count). The van der Waals surface area contributed by atoms with Crippen molar-refractivity contribution in [3.05, 3.63) is 29.8 Å². The third-order valence-corrected chi connectivity index (χ3v) is 3.08. The molecule has 0 amide bonds. The molecular formula is C12H15F2NO2. The van der Waals surface area contributed by atoms with E-state index in [2.05, 4.69) is 5.32 Å². The van der Waals surface area contributed by atoms with E-state index in [1.165, 1.54) is 18.2 Å². The maximum Gasteiger partial charge on any atom is 0.191 e. The lowest BCUT2D eigenvalue weighted by molar-refractivity contribution is -0.0891. The van der Waals surface area contributed by atoms with Gasteiger partial charge in [0.25, 0.3) is 0 Å². The van der Waals surface area contributed by atoms with Gasteiger partial charge in [-0.1, -0.05) is 6.07 Å². The zero-order valence-corrected chi connectivity index (χ0v) is 9.74. The lowest BCUT2D eigenvalue weighted by atomic mass is 9.85. The molecule has 0 aromatic heterocycles. The van der Waals surface area contributed by atoms with E-state index >= 15 is 0 Å². The molecular weight excluding hydrogens is 228 g/mol. The highest BCUT2D eigenvalue weighted by Crippen LogP contribution is 2.31. The zero-order valence-electron chi connectivity index (χ0n) is 9.74. The minimum atomic E-state index is -0.687. The Morgan fingerprint density at radius 3 is 2.47 bits per heavy atom. The van der Waals surface area contributed by atoms with Gasteiger partial charge in [0.2, 0.25) is 0 Å². The first-order valence-electron chi connectivity index (χ1n) is 5.48. The van der Waals surface area contributed by atoms with Crippen LogP contribution in [0.5, 0.6) is 5.75 Å². The van der Waals surface area contributed by atoms with Crippen LogP contribution in [0, 0.1) is 11.6 Å². The number of hydrogen-bond acceptors (Lipinski definition) is 3. The summed E-state index contributed by atoms with van der Waals surface area (Å²) in [5, 5.41) is 3.05. The molecule has 94 valence electrons. The lowest BCUT2D eigenvalue weighted by Crippen LogP contribution is -2.60. The first-order valence-corrected chi connectivity index (χ1v) is 5.48. The SMILES string of the molecule is CNC1CC(Oc2c(F)cccc2F)C1OC. The number of ether oxygens (including phenoxy) is 2. The quantitative estimate of drug-likeness (QED) is 0.873. The average molecular weight is 243 g/mol. The summed E-state index contributed by atoms with van der Waals surface area (Å²) in [4.78, 5) is 0. The Labute approximate surface area is 98.7 Å². The number of para-hydroxylation sites is 1. The van der Waals surface area contributed by atoms with Gasteiger partial charge in [0.15, 0.2) is 17.4 Å². The van der Waals surface area contributed by atoms with E-state index in [-0.39, 0.29) is 24.0 Å². The van der Waals surface area contributed by atoms with Crippen molar-refractivity contribution < 1.29 is 18.3 Å². The minimum Gasteiger partial charge on any atom is -0.481 e. The largest absolute Gasteiger partial charge is 0.481 e. The van der Waals surface area contributed by atoms with Crippen molar-refractivity contribution in [3.63, 3.8) is 0 Å². The van der Waals surface area contributed by atoms with Crippen LogP contribution in [0.4, 0.5) is 8.78 Å². The monoisotopic (exact) mass is 243 g/mol. The van der Waals surface area contributed by atoms with Crippen LogP contribution >= 0.6 is 0 Å². The van der Waals surface area contributed by atoms with E-state index in [1.807, 2.05) is 7.05 Å². The molecule has 1 N–H and O–H groups in total. The molecule has 3 atom stereocenters. The fourth-order valence-electron chi connectivity index (χ4n) is 2.04. The summed E-state index contributed by atoms with van der Waals surface area (Å²) in [7, 11) is 3.37. The second-order valence-corrected chi connectivity index (χ2v) is 4.04. The predicted octanol–water partition coefficient (Wildman–Crippen LogP) is 1.72. The van der Waals surface area contributed by atoms with E-state index < -0.39 is 11.6 Å². The number of likely N-dealkylation sites (N-methyl/N-ethyl adjacent to an activating group) is 1. The standard InChI is InChI=1S/C12H15F2NO2/c1-15-9-6-10(12(9)16-2)17-11-7(13)4-3-5-8(11)14/h3-5,9-10,12,15H,6H2,1-2H3. The van der Waals surface area contributed by atoms with Crippen molar-refractivity contribution in [2.24, 2.45) is 0 Å². The summed E-state index contributed by atoms with van der Waals surface area (Å²) in [6.45, 7) is 0. The number of benzene rings is 1. The molecule has 17 heavy (non-hydrogen) atoms. The normalized spacial score (nSPS) is 27.6. The summed E-state index contributed by atoms with van der Waals surface area (Å²) in [6, 6.07) is 3.82. The van der Waals surface area contributed by atoms with E-state index in [4.69, 9.17) is 9.47 Å². The molecule has 0 radical (unpaired) electrons. The highest BCUT2D eigenvalue weighted by Gasteiger charge is 2.43. The number of halogens is 2. The molecule has 5 heteroatoms. The molecule has 1 aliphatic rings. The summed E-state index contributed by atoms with van der Waals surface area (Å²) < 4.78 is 37.3.